The summed E-state index contributed by atoms with van der Waals surface area (Å²) >= 11 is 0. The molecule has 126 valence electrons. The van der Waals surface area contributed by atoms with Gasteiger partial charge in [-0.2, -0.15) is 0 Å². The molecule has 3 aromatic carbocycles. The van der Waals surface area contributed by atoms with Gasteiger partial charge < -0.3 is 0 Å². The Labute approximate surface area is 143 Å². The maximum Gasteiger partial charge on any atom is -0.0105 e. The largest absolute Gasteiger partial charge is 0.0683 e. The number of hydrogen-bond donors (Lipinski definition) is 0. The van der Waals surface area contributed by atoms with Gasteiger partial charge in [0.1, 0.15) is 0 Å². The summed E-state index contributed by atoms with van der Waals surface area (Å²) in [6.07, 6.45) is 0. The van der Waals surface area contributed by atoms with Crippen LogP contribution in [0.15, 0.2) is 54.6 Å². The van der Waals surface area contributed by atoms with Crippen molar-refractivity contribution in [3.8, 4) is 0 Å². The maximum atomic E-state index is 2.31. The zero-order valence-electron chi connectivity index (χ0n) is 16.3. The van der Waals surface area contributed by atoms with Crippen LogP contribution in [0.2, 0.25) is 0 Å². The molecule has 0 radical (unpaired) electrons. The molecule has 0 saturated carbocycles. The van der Waals surface area contributed by atoms with E-state index in [0.29, 0.717) is 5.92 Å². The molecule has 0 aliphatic rings. The van der Waals surface area contributed by atoms with E-state index in [2.05, 4.69) is 68.4 Å². The lowest BCUT2D eigenvalue weighted by atomic mass is 9.96. The van der Waals surface area contributed by atoms with E-state index in [-0.39, 0.29) is 0 Å². The van der Waals surface area contributed by atoms with Crippen molar-refractivity contribution < 1.29 is 0 Å². The Morgan fingerprint density at radius 2 is 1.09 bits per heavy atom. The Hall–Kier alpha value is -1.82. The summed E-state index contributed by atoms with van der Waals surface area (Å²) in [7, 11) is 0. The van der Waals surface area contributed by atoms with Crippen molar-refractivity contribution in [3.05, 3.63) is 60.2 Å². The molecule has 0 heteroatoms. The second kappa shape index (κ2) is 11.7. The summed E-state index contributed by atoms with van der Waals surface area (Å²) < 4.78 is 0. The van der Waals surface area contributed by atoms with Crippen molar-refractivity contribution in [3.63, 3.8) is 0 Å². The topological polar surface area (TPSA) is 0 Å². The molecule has 0 bridgehead atoms. The van der Waals surface area contributed by atoms with Crippen LogP contribution in [0.3, 0.4) is 0 Å². The Kier molecular flexibility index (Phi) is 10.8. The molecule has 0 N–H and O–H groups in total. The van der Waals surface area contributed by atoms with Gasteiger partial charge in [0.25, 0.3) is 0 Å². The number of fused-ring (bicyclic) bond motifs is 3. The van der Waals surface area contributed by atoms with Gasteiger partial charge in [-0.15, -0.1) is 0 Å². The van der Waals surface area contributed by atoms with E-state index >= 15 is 0 Å². The van der Waals surface area contributed by atoms with Crippen molar-refractivity contribution in [1.82, 2.24) is 0 Å². The van der Waals surface area contributed by atoms with Gasteiger partial charge in [-0.1, -0.05) is 110 Å². The average Bonchev–Trinajstić information content (AvgIpc) is 2.66. The fourth-order valence-electron chi connectivity index (χ4n) is 2.39. The molecule has 0 fully saturated rings. The molecule has 0 aliphatic heterocycles. The standard InChI is InChI=1S/C17H16.3C2H6/c1-12(2)14-9-10-17-15(11-14)8-7-13-5-3-4-6-16(13)17;3*1-2/h3-12H,1-2H3;3*1-2H3. The predicted molar refractivity (Wildman–Crippen MR) is 110 cm³/mol. The number of benzene rings is 3. The molecule has 23 heavy (non-hydrogen) atoms. The van der Waals surface area contributed by atoms with Crippen LogP contribution >= 0.6 is 0 Å². The highest BCUT2D eigenvalue weighted by Gasteiger charge is 2.03. The third-order valence-electron chi connectivity index (χ3n) is 3.44. The molecule has 3 aromatic rings. The van der Waals surface area contributed by atoms with E-state index < -0.39 is 0 Å². The van der Waals surface area contributed by atoms with E-state index in [1.807, 2.05) is 41.5 Å². The first-order chi connectivity index (χ1) is 11.3. The van der Waals surface area contributed by atoms with Crippen LogP contribution in [0.25, 0.3) is 21.5 Å². The summed E-state index contributed by atoms with van der Waals surface area (Å²) in [5, 5.41) is 5.36. The summed E-state index contributed by atoms with van der Waals surface area (Å²) in [5.74, 6) is 0.589. The first kappa shape index (κ1) is 21.2. The smallest absolute Gasteiger partial charge is 0.0105 e. The van der Waals surface area contributed by atoms with Crippen LogP contribution in [0.1, 0.15) is 66.9 Å². The minimum atomic E-state index is 0.589. The van der Waals surface area contributed by atoms with E-state index in [1.54, 1.807) is 0 Å². The first-order valence-electron chi connectivity index (χ1n) is 9.17. The second-order valence-corrected chi connectivity index (χ2v) is 4.92. The van der Waals surface area contributed by atoms with Gasteiger partial charge in [-0.3, -0.25) is 0 Å². The highest BCUT2D eigenvalue weighted by atomic mass is 14.1. The second-order valence-electron chi connectivity index (χ2n) is 4.92. The fourth-order valence-corrected chi connectivity index (χ4v) is 2.39. The normalized spacial score (nSPS) is 9.26. The Balaban J connectivity index is 0.000000728. The van der Waals surface area contributed by atoms with Gasteiger partial charge in [0.15, 0.2) is 0 Å². The number of rotatable bonds is 1. The molecule has 0 spiro atoms. The molecule has 3 rings (SSSR count). The molecule has 0 saturated heterocycles. The van der Waals surface area contributed by atoms with Gasteiger partial charge in [-0.05, 0) is 33.0 Å². The van der Waals surface area contributed by atoms with Gasteiger partial charge in [0, 0.05) is 0 Å². The van der Waals surface area contributed by atoms with Gasteiger partial charge in [0.05, 0.1) is 0 Å². The molecule has 0 heterocycles. The van der Waals surface area contributed by atoms with Crippen LogP contribution in [0, 0.1) is 0 Å². The quantitative estimate of drug-likeness (QED) is 0.397. The minimum Gasteiger partial charge on any atom is -0.0683 e. The van der Waals surface area contributed by atoms with Crippen molar-refractivity contribution in [2.75, 3.05) is 0 Å². The zero-order chi connectivity index (χ0) is 17.8. The molecular formula is C23H34. The third kappa shape index (κ3) is 5.39. The fraction of sp³-hybridized carbons (Fsp3) is 0.391. The van der Waals surface area contributed by atoms with Crippen LogP contribution in [-0.4, -0.2) is 0 Å². The van der Waals surface area contributed by atoms with Crippen LogP contribution in [0.5, 0.6) is 0 Å². The van der Waals surface area contributed by atoms with E-state index in [0.717, 1.165) is 0 Å². The minimum absolute atomic E-state index is 0.589. The van der Waals surface area contributed by atoms with E-state index in [9.17, 15) is 0 Å². The molecule has 0 unspecified atom stereocenters. The summed E-state index contributed by atoms with van der Waals surface area (Å²) in [4.78, 5) is 0. The first-order valence-corrected chi connectivity index (χ1v) is 9.17. The zero-order valence-corrected chi connectivity index (χ0v) is 16.3. The lowest BCUT2D eigenvalue weighted by molar-refractivity contribution is 0.869. The lowest BCUT2D eigenvalue weighted by Gasteiger charge is -2.08. The average molecular weight is 311 g/mol. The van der Waals surface area contributed by atoms with E-state index in [1.165, 1.54) is 27.1 Å². The number of hydrogen-bond acceptors (Lipinski definition) is 0. The Morgan fingerprint density at radius 1 is 0.565 bits per heavy atom. The van der Waals surface area contributed by atoms with Gasteiger partial charge >= 0.3 is 0 Å². The molecule has 0 aliphatic carbocycles. The Morgan fingerprint density at radius 3 is 1.70 bits per heavy atom. The monoisotopic (exact) mass is 310 g/mol. The van der Waals surface area contributed by atoms with Crippen LogP contribution in [-0.2, 0) is 0 Å². The van der Waals surface area contributed by atoms with Crippen molar-refractivity contribution in [2.24, 2.45) is 0 Å². The predicted octanol–water partition coefficient (Wildman–Crippen LogP) is 8.20. The summed E-state index contributed by atoms with van der Waals surface area (Å²) in [5.41, 5.74) is 1.41. The molecule has 0 amide bonds. The highest BCUT2D eigenvalue weighted by Crippen LogP contribution is 2.27. The molecule has 0 aromatic heterocycles. The maximum absolute atomic E-state index is 2.31. The van der Waals surface area contributed by atoms with Crippen molar-refractivity contribution in [2.45, 2.75) is 61.3 Å². The third-order valence-corrected chi connectivity index (χ3v) is 3.44. The van der Waals surface area contributed by atoms with Gasteiger partial charge in [-0.25, -0.2) is 0 Å². The molecular weight excluding hydrogens is 276 g/mol. The van der Waals surface area contributed by atoms with Crippen LogP contribution < -0.4 is 0 Å². The van der Waals surface area contributed by atoms with Crippen molar-refractivity contribution >= 4 is 21.5 Å². The molecule has 0 nitrogen and oxygen atoms in total. The van der Waals surface area contributed by atoms with E-state index in [4.69, 9.17) is 0 Å². The molecule has 0 atom stereocenters. The lowest BCUT2D eigenvalue weighted by Crippen LogP contribution is -1.87. The summed E-state index contributed by atoms with van der Waals surface area (Å²) in [6.45, 7) is 16.5. The summed E-state index contributed by atoms with van der Waals surface area (Å²) in [6, 6.07) is 19.8. The van der Waals surface area contributed by atoms with Gasteiger partial charge in [0.2, 0.25) is 0 Å². The highest BCUT2D eigenvalue weighted by molar-refractivity contribution is 6.07. The SMILES string of the molecule is CC.CC.CC.CC(C)c1ccc2c(ccc3ccccc32)c1. The van der Waals surface area contributed by atoms with Crippen LogP contribution in [0.4, 0.5) is 0 Å². The Bertz CT molecular complexity index is 678. The van der Waals surface area contributed by atoms with Crippen molar-refractivity contribution in [1.29, 1.82) is 0 Å².